The van der Waals surface area contributed by atoms with Crippen LogP contribution in [0.15, 0.2) is 36.4 Å². The SMILES string of the molecule is COC(=O)CC[C@H](NC(=O)C=Cc1ccccc1)C(=O)OC. The molecule has 1 N–H and O–H groups in total. The number of carbonyl (C=O) groups is 3. The van der Waals surface area contributed by atoms with Gasteiger partial charge in [0.2, 0.25) is 5.91 Å². The van der Waals surface area contributed by atoms with Gasteiger partial charge in [-0.25, -0.2) is 4.79 Å². The molecule has 0 saturated heterocycles. The smallest absolute Gasteiger partial charge is 0.328 e. The summed E-state index contributed by atoms with van der Waals surface area (Å²) in [6.45, 7) is 0. The Balaban J connectivity index is 2.60. The maximum atomic E-state index is 11.8. The van der Waals surface area contributed by atoms with Crippen LogP contribution >= 0.6 is 0 Å². The molecular weight excluding hydrogens is 286 g/mol. The molecule has 0 bridgehead atoms. The number of carbonyl (C=O) groups excluding carboxylic acids is 3. The number of hydrogen-bond acceptors (Lipinski definition) is 5. The normalized spacial score (nSPS) is 11.7. The van der Waals surface area contributed by atoms with E-state index in [1.165, 1.54) is 20.3 Å². The van der Waals surface area contributed by atoms with Crippen LogP contribution in [0.3, 0.4) is 0 Å². The summed E-state index contributed by atoms with van der Waals surface area (Å²) in [7, 11) is 2.48. The van der Waals surface area contributed by atoms with Gasteiger partial charge in [0.05, 0.1) is 14.2 Å². The number of esters is 2. The van der Waals surface area contributed by atoms with Crippen molar-refractivity contribution >= 4 is 23.9 Å². The van der Waals surface area contributed by atoms with Crippen LogP contribution in [-0.4, -0.2) is 38.1 Å². The molecule has 6 nitrogen and oxygen atoms in total. The summed E-state index contributed by atoms with van der Waals surface area (Å²) >= 11 is 0. The highest BCUT2D eigenvalue weighted by molar-refractivity contribution is 5.94. The van der Waals surface area contributed by atoms with Crippen molar-refractivity contribution in [2.24, 2.45) is 0 Å². The summed E-state index contributed by atoms with van der Waals surface area (Å²) in [5, 5.41) is 2.51. The first-order valence-corrected chi connectivity index (χ1v) is 6.75. The average molecular weight is 305 g/mol. The molecule has 1 atom stereocenters. The van der Waals surface area contributed by atoms with Gasteiger partial charge in [0, 0.05) is 12.5 Å². The van der Waals surface area contributed by atoms with Crippen molar-refractivity contribution < 1.29 is 23.9 Å². The average Bonchev–Trinajstić information content (AvgIpc) is 2.56. The van der Waals surface area contributed by atoms with Crippen molar-refractivity contribution in [2.45, 2.75) is 18.9 Å². The highest BCUT2D eigenvalue weighted by Gasteiger charge is 2.21. The van der Waals surface area contributed by atoms with Crippen LogP contribution in [0.25, 0.3) is 6.08 Å². The minimum absolute atomic E-state index is 0.0128. The third-order valence-electron chi connectivity index (χ3n) is 2.89. The second-order valence-corrected chi connectivity index (χ2v) is 4.44. The number of benzene rings is 1. The van der Waals surface area contributed by atoms with E-state index in [1.54, 1.807) is 6.08 Å². The Bertz CT molecular complexity index is 539. The standard InChI is InChI=1S/C16H19NO5/c1-21-15(19)11-9-13(16(20)22-2)17-14(18)10-8-12-6-4-3-5-7-12/h3-8,10,13H,9,11H2,1-2H3,(H,17,18)/t13-/m0/s1. The van der Waals surface area contributed by atoms with Crippen LogP contribution in [-0.2, 0) is 23.9 Å². The van der Waals surface area contributed by atoms with Gasteiger partial charge < -0.3 is 14.8 Å². The third-order valence-corrected chi connectivity index (χ3v) is 2.89. The van der Waals surface area contributed by atoms with Gasteiger partial charge in [0.25, 0.3) is 0 Å². The highest BCUT2D eigenvalue weighted by Crippen LogP contribution is 2.03. The molecule has 0 saturated carbocycles. The maximum Gasteiger partial charge on any atom is 0.328 e. The number of ether oxygens (including phenoxy) is 2. The van der Waals surface area contributed by atoms with Crippen LogP contribution in [0.5, 0.6) is 0 Å². The highest BCUT2D eigenvalue weighted by atomic mass is 16.5. The minimum atomic E-state index is -0.892. The molecule has 0 aliphatic heterocycles. The van der Waals surface area contributed by atoms with E-state index in [1.807, 2.05) is 30.3 Å². The molecule has 0 fully saturated rings. The Kier molecular flexibility index (Phi) is 7.39. The summed E-state index contributed by atoms with van der Waals surface area (Å²) in [6, 6.07) is 8.38. The van der Waals surface area contributed by atoms with Crippen LogP contribution in [0, 0.1) is 0 Å². The Hall–Kier alpha value is -2.63. The largest absolute Gasteiger partial charge is 0.469 e. The Labute approximate surface area is 129 Å². The van der Waals surface area contributed by atoms with Crippen molar-refractivity contribution in [1.82, 2.24) is 5.32 Å². The quantitative estimate of drug-likeness (QED) is 0.607. The zero-order valence-corrected chi connectivity index (χ0v) is 12.6. The van der Waals surface area contributed by atoms with Gasteiger partial charge in [-0.2, -0.15) is 0 Å². The number of hydrogen-bond donors (Lipinski definition) is 1. The number of nitrogens with one attached hydrogen (secondary N) is 1. The van der Waals surface area contributed by atoms with E-state index < -0.39 is 23.9 Å². The van der Waals surface area contributed by atoms with E-state index in [2.05, 4.69) is 14.8 Å². The molecule has 0 unspecified atom stereocenters. The molecule has 1 aromatic rings. The van der Waals surface area contributed by atoms with E-state index >= 15 is 0 Å². The summed E-state index contributed by atoms with van der Waals surface area (Å²) in [4.78, 5) is 34.6. The van der Waals surface area contributed by atoms with E-state index in [4.69, 9.17) is 0 Å². The van der Waals surface area contributed by atoms with E-state index in [0.717, 1.165) is 5.56 Å². The van der Waals surface area contributed by atoms with Crippen LogP contribution in [0.2, 0.25) is 0 Å². The van der Waals surface area contributed by atoms with Gasteiger partial charge in [0.1, 0.15) is 6.04 Å². The van der Waals surface area contributed by atoms with Crippen LogP contribution < -0.4 is 5.32 Å². The fourth-order valence-corrected chi connectivity index (χ4v) is 1.71. The predicted molar refractivity (Wildman–Crippen MR) is 80.7 cm³/mol. The summed E-state index contributed by atoms with van der Waals surface area (Å²) in [5.41, 5.74) is 0.863. The lowest BCUT2D eigenvalue weighted by Gasteiger charge is -2.14. The molecule has 1 amide bonds. The van der Waals surface area contributed by atoms with Crippen molar-refractivity contribution in [3.05, 3.63) is 42.0 Å². The molecule has 0 radical (unpaired) electrons. The first-order valence-electron chi connectivity index (χ1n) is 6.75. The third kappa shape index (κ3) is 6.21. The molecule has 22 heavy (non-hydrogen) atoms. The van der Waals surface area contributed by atoms with Crippen molar-refractivity contribution in [2.75, 3.05) is 14.2 Å². The summed E-state index contributed by atoms with van der Waals surface area (Å²) < 4.78 is 9.12. The number of methoxy groups -OCH3 is 2. The van der Waals surface area contributed by atoms with E-state index in [9.17, 15) is 14.4 Å². The molecule has 118 valence electrons. The molecule has 6 heteroatoms. The molecule has 1 rings (SSSR count). The second kappa shape index (κ2) is 9.33. The number of rotatable bonds is 7. The first kappa shape index (κ1) is 17.4. The molecular formula is C16H19NO5. The van der Waals surface area contributed by atoms with Gasteiger partial charge in [-0.05, 0) is 18.1 Å². The molecule has 0 aliphatic rings. The first-order chi connectivity index (χ1) is 10.6. The van der Waals surface area contributed by atoms with Gasteiger partial charge in [-0.1, -0.05) is 30.3 Å². The molecule has 1 aromatic carbocycles. The van der Waals surface area contributed by atoms with Gasteiger partial charge in [-0.15, -0.1) is 0 Å². The molecule has 0 aromatic heterocycles. The van der Waals surface area contributed by atoms with Crippen molar-refractivity contribution in [3.63, 3.8) is 0 Å². The van der Waals surface area contributed by atoms with Crippen molar-refractivity contribution in [1.29, 1.82) is 0 Å². The number of amides is 1. The Morgan fingerprint density at radius 1 is 1.14 bits per heavy atom. The fraction of sp³-hybridized carbons (Fsp3) is 0.312. The Morgan fingerprint density at radius 3 is 2.41 bits per heavy atom. The fourth-order valence-electron chi connectivity index (χ4n) is 1.71. The lowest BCUT2D eigenvalue weighted by molar-refractivity contribution is -0.146. The van der Waals surface area contributed by atoms with Gasteiger partial charge in [-0.3, -0.25) is 9.59 Å². The molecule has 0 heterocycles. The monoisotopic (exact) mass is 305 g/mol. The molecule has 0 aliphatic carbocycles. The lowest BCUT2D eigenvalue weighted by Crippen LogP contribution is -2.41. The van der Waals surface area contributed by atoms with E-state index in [0.29, 0.717) is 0 Å². The Morgan fingerprint density at radius 2 is 1.82 bits per heavy atom. The topological polar surface area (TPSA) is 81.7 Å². The van der Waals surface area contributed by atoms with Gasteiger partial charge in [0.15, 0.2) is 0 Å². The summed E-state index contributed by atoms with van der Waals surface area (Å²) in [6.07, 6.45) is 3.08. The van der Waals surface area contributed by atoms with E-state index in [-0.39, 0.29) is 12.8 Å². The van der Waals surface area contributed by atoms with Gasteiger partial charge >= 0.3 is 11.9 Å². The summed E-state index contributed by atoms with van der Waals surface area (Å²) in [5.74, 6) is -1.50. The second-order valence-electron chi connectivity index (χ2n) is 4.44. The zero-order chi connectivity index (χ0) is 16.4. The lowest BCUT2D eigenvalue weighted by atomic mass is 10.1. The predicted octanol–water partition coefficient (Wildman–Crippen LogP) is 1.31. The maximum absolute atomic E-state index is 11.8. The van der Waals surface area contributed by atoms with Crippen LogP contribution in [0.4, 0.5) is 0 Å². The van der Waals surface area contributed by atoms with Crippen molar-refractivity contribution in [3.8, 4) is 0 Å². The zero-order valence-electron chi connectivity index (χ0n) is 12.6. The minimum Gasteiger partial charge on any atom is -0.469 e. The van der Waals surface area contributed by atoms with Crippen LogP contribution in [0.1, 0.15) is 18.4 Å². The molecule has 0 spiro atoms.